The van der Waals surface area contributed by atoms with Gasteiger partial charge in [-0.2, -0.15) is 5.10 Å². The minimum Gasteiger partial charge on any atom is -0.375 e. The number of hydrogen-bond donors (Lipinski definition) is 0. The molecular weight excluding hydrogens is 280 g/mol. The van der Waals surface area contributed by atoms with E-state index in [1.165, 1.54) is 18.4 Å². The smallest absolute Gasteiger partial charge is 0.248 e. The van der Waals surface area contributed by atoms with Gasteiger partial charge in [0.25, 0.3) is 0 Å². The fraction of sp³-hybridized carbons (Fsp3) is 0.750. The van der Waals surface area contributed by atoms with Crippen LogP contribution in [-0.4, -0.2) is 64.4 Å². The van der Waals surface area contributed by atoms with Crippen molar-refractivity contribution in [1.82, 2.24) is 19.6 Å². The van der Waals surface area contributed by atoms with E-state index in [9.17, 15) is 4.79 Å². The largest absolute Gasteiger partial charge is 0.375 e. The second kappa shape index (κ2) is 6.38. The molecule has 3 heterocycles. The minimum absolute atomic E-state index is 0.120. The zero-order valence-electron chi connectivity index (χ0n) is 13.6. The summed E-state index contributed by atoms with van der Waals surface area (Å²) in [4.78, 5) is 16.5. The number of ether oxygens (including phenoxy) is 1. The van der Waals surface area contributed by atoms with Crippen LogP contribution in [0.1, 0.15) is 31.2 Å². The third kappa shape index (κ3) is 3.03. The first-order valence-corrected chi connectivity index (χ1v) is 8.12. The maximum Gasteiger partial charge on any atom is 0.248 e. The number of likely N-dealkylation sites (tertiary alicyclic amines) is 2. The van der Waals surface area contributed by atoms with E-state index in [1.54, 1.807) is 7.11 Å². The van der Waals surface area contributed by atoms with Gasteiger partial charge in [0.15, 0.2) is 0 Å². The molecule has 3 rings (SSSR count). The van der Waals surface area contributed by atoms with E-state index < -0.39 is 0 Å². The average Bonchev–Trinajstić information content (AvgIpc) is 3.08. The van der Waals surface area contributed by atoms with E-state index in [0.717, 1.165) is 39.0 Å². The van der Waals surface area contributed by atoms with E-state index in [2.05, 4.69) is 16.2 Å². The van der Waals surface area contributed by atoms with Crippen molar-refractivity contribution in [3.63, 3.8) is 0 Å². The molecule has 0 aromatic carbocycles. The summed E-state index contributed by atoms with van der Waals surface area (Å²) in [5, 5.41) is 4.27. The quantitative estimate of drug-likeness (QED) is 0.833. The van der Waals surface area contributed by atoms with Crippen LogP contribution < -0.4 is 0 Å². The molecule has 6 nitrogen and oxygen atoms in total. The van der Waals surface area contributed by atoms with Gasteiger partial charge in [0.2, 0.25) is 5.91 Å². The van der Waals surface area contributed by atoms with Crippen molar-refractivity contribution in [3.05, 3.63) is 18.0 Å². The lowest BCUT2D eigenvalue weighted by Crippen LogP contribution is -2.53. The fourth-order valence-electron chi connectivity index (χ4n) is 3.97. The van der Waals surface area contributed by atoms with Gasteiger partial charge >= 0.3 is 0 Å². The van der Waals surface area contributed by atoms with E-state index in [0.29, 0.717) is 0 Å². The molecule has 2 aliphatic heterocycles. The predicted molar refractivity (Wildman–Crippen MR) is 83.3 cm³/mol. The van der Waals surface area contributed by atoms with Crippen LogP contribution in [0.5, 0.6) is 0 Å². The van der Waals surface area contributed by atoms with Crippen LogP contribution in [0.15, 0.2) is 12.4 Å². The molecular formula is C16H26N4O2. The predicted octanol–water partition coefficient (Wildman–Crippen LogP) is 1.02. The number of amides is 1. The molecule has 0 saturated carbocycles. The van der Waals surface area contributed by atoms with Crippen LogP contribution in [0.3, 0.4) is 0 Å². The second-order valence-corrected chi connectivity index (χ2v) is 6.59. The first-order valence-electron chi connectivity index (χ1n) is 8.12. The molecule has 0 radical (unpaired) electrons. The highest BCUT2D eigenvalue weighted by Gasteiger charge is 2.43. The lowest BCUT2D eigenvalue weighted by molar-refractivity contribution is -0.137. The normalized spacial score (nSPS) is 21.6. The molecule has 0 unspecified atom stereocenters. The Bertz CT molecular complexity index is 520. The van der Waals surface area contributed by atoms with E-state index in [-0.39, 0.29) is 18.1 Å². The Morgan fingerprint density at radius 1 is 1.32 bits per heavy atom. The van der Waals surface area contributed by atoms with Crippen LogP contribution in [-0.2, 0) is 23.1 Å². The van der Waals surface area contributed by atoms with Crippen molar-refractivity contribution < 1.29 is 9.53 Å². The lowest BCUT2D eigenvalue weighted by atomic mass is 9.84. The van der Waals surface area contributed by atoms with Crippen LogP contribution in [0, 0.1) is 0 Å². The zero-order valence-corrected chi connectivity index (χ0v) is 13.6. The van der Waals surface area contributed by atoms with Crippen LogP contribution in [0.4, 0.5) is 0 Å². The Morgan fingerprint density at radius 3 is 2.73 bits per heavy atom. The molecule has 2 saturated heterocycles. The van der Waals surface area contributed by atoms with Gasteiger partial charge in [0.05, 0.1) is 6.20 Å². The lowest BCUT2D eigenvalue weighted by Gasteiger charge is -2.45. The van der Waals surface area contributed by atoms with Gasteiger partial charge in [0.1, 0.15) is 6.61 Å². The molecule has 1 amide bonds. The van der Waals surface area contributed by atoms with Crippen LogP contribution in [0.2, 0.25) is 0 Å². The highest BCUT2D eigenvalue weighted by Crippen LogP contribution is 2.39. The number of rotatable bonds is 4. The SMILES string of the molecule is COCC(=O)N1CCC2(CCCN2Cc2cnn(C)c2)CC1. The minimum atomic E-state index is 0.120. The molecule has 22 heavy (non-hydrogen) atoms. The molecule has 0 aliphatic carbocycles. The van der Waals surface area contributed by atoms with Crippen LogP contribution in [0.25, 0.3) is 0 Å². The van der Waals surface area contributed by atoms with Crippen molar-refractivity contribution in [3.8, 4) is 0 Å². The third-order valence-corrected chi connectivity index (χ3v) is 5.19. The molecule has 2 fully saturated rings. The maximum absolute atomic E-state index is 12.0. The van der Waals surface area contributed by atoms with Crippen molar-refractivity contribution in [2.75, 3.05) is 33.4 Å². The zero-order chi connectivity index (χ0) is 15.6. The summed E-state index contributed by atoms with van der Waals surface area (Å²) in [5.41, 5.74) is 1.56. The van der Waals surface area contributed by atoms with Gasteiger partial charge in [-0.25, -0.2) is 0 Å². The summed E-state index contributed by atoms with van der Waals surface area (Å²) in [7, 11) is 3.54. The van der Waals surface area contributed by atoms with E-state index in [1.807, 2.05) is 22.8 Å². The highest BCUT2D eigenvalue weighted by molar-refractivity contribution is 5.77. The van der Waals surface area contributed by atoms with Crippen LogP contribution >= 0.6 is 0 Å². The van der Waals surface area contributed by atoms with E-state index in [4.69, 9.17) is 4.74 Å². The third-order valence-electron chi connectivity index (χ3n) is 5.19. The molecule has 0 bridgehead atoms. The molecule has 2 aliphatic rings. The summed E-state index contributed by atoms with van der Waals surface area (Å²) < 4.78 is 6.83. The van der Waals surface area contributed by atoms with Gasteiger partial charge in [-0.1, -0.05) is 0 Å². The second-order valence-electron chi connectivity index (χ2n) is 6.59. The monoisotopic (exact) mass is 306 g/mol. The molecule has 122 valence electrons. The number of carbonyl (C=O) groups is 1. The molecule has 1 spiro atoms. The molecule has 0 N–H and O–H groups in total. The Labute approximate surface area is 132 Å². The van der Waals surface area contributed by atoms with Gasteiger partial charge in [-0.05, 0) is 32.2 Å². The van der Waals surface area contributed by atoms with Gasteiger partial charge in [0, 0.05) is 51.1 Å². The topological polar surface area (TPSA) is 50.6 Å². The fourth-order valence-corrected chi connectivity index (χ4v) is 3.97. The summed E-state index contributed by atoms with van der Waals surface area (Å²) in [5.74, 6) is 0.120. The van der Waals surface area contributed by atoms with Gasteiger partial charge in [-0.3, -0.25) is 14.4 Å². The summed E-state index contributed by atoms with van der Waals surface area (Å²) in [6.45, 7) is 4.03. The Kier molecular flexibility index (Phi) is 4.49. The van der Waals surface area contributed by atoms with Crippen molar-refractivity contribution in [1.29, 1.82) is 0 Å². The number of carbonyl (C=O) groups excluding carboxylic acids is 1. The maximum atomic E-state index is 12.0. The van der Waals surface area contributed by atoms with Crippen molar-refractivity contribution >= 4 is 5.91 Å². The average molecular weight is 306 g/mol. The van der Waals surface area contributed by atoms with Crippen molar-refractivity contribution in [2.24, 2.45) is 7.05 Å². The van der Waals surface area contributed by atoms with Gasteiger partial charge in [-0.15, -0.1) is 0 Å². The molecule has 1 aromatic rings. The van der Waals surface area contributed by atoms with Crippen molar-refractivity contribution in [2.45, 2.75) is 37.8 Å². The highest BCUT2D eigenvalue weighted by atomic mass is 16.5. The van der Waals surface area contributed by atoms with Gasteiger partial charge < -0.3 is 9.64 Å². The molecule has 6 heteroatoms. The number of hydrogen-bond acceptors (Lipinski definition) is 4. The first-order chi connectivity index (χ1) is 10.6. The van der Waals surface area contributed by atoms with E-state index >= 15 is 0 Å². The number of aromatic nitrogens is 2. The summed E-state index contributed by atoms with van der Waals surface area (Å²) in [6, 6.07) is 0. The number of aryl methyl sites for hydroxylation is 1. The summed E-state index contributed by atoms with van der Waals surface area (Å²) in [6.07, 6.45) is 8.71. The number of nitrogens with zero attached hydrogens (tertiary/aromatic N) is 4. The molecule has 1 aromatic heterocycles. The Hall–Kier alpha value is -1.40. The Morgan fingerprint density at radius 2 is 2.09 bits per heavy atom. The standard InChI is InChI=1S/C16H26N4O2/c1-18-11-14(10-17-18)12-20-7-3-4-16(20)5-8-19(9-6-16)15(21)13-22-2/h10-11H,3-9,12-13H2,1-2H3. The first kappa shape index (κ1) is 15.5. The number of methoxy groups -OCH3 is 1. The number of piperidine rings is 1. The molecule has 0 atom stereocenters. The Balaban J connectivity index is 1.62. The summed E-state index contributed by atoms with van der Waals surface area (Å²) >= 11 is 0.